The van der Waals surface area contributed by atoms with E-state index >= 15 is 0 Å². The quantitative estimate of drug-likeness (QED) is 0.759. The van der Waals surface area contributed by atoms with E-state index in [-0.39, 0.29) is 0 Å². The number of rotatable bonds is 2. The molecule has 5 heteroatoms. The summed E-state index contributed by atoms with van der Waals surface area (Å²) < 4.78 is 5.32. The summed E-state index contributed by atoms with van der Waals surface area (Å²) in [5.41, 5.74) is 6.27. The van der Waals surface area contributed by atoms with E-state index in [0.717, 1.165) is 36.3 Å². The van der Waals surface area contributed by atoms with E-state index in [1.54, 1.807) is 6.26 Å². The highest BCUT2D eigenvalue weighted by Gasteiger charge is 2.15. The zero-order valence-corrected chi connectivity index (χ0v) is 8.22. The minimum atomic E-state index is 0.450. The van der Waals surface area contributed by atoms with Crippen molar-refractivity contribution < 1.29 is 4.42 Å². The molecule has 0 radical (unpaired) electrons. The fourth-order valence-electron chi connectivity index (χ4n) is 1.29. The predicted octanol–water partition coefficient (Wildman–Crippen LogP) is 0.686. The minimum Gasteiger partial charge on any atom is -0.432 e. The second-order valence-electron chi connectivity index (χ2n) is 2.92. The summed E-state index contributed by atoms with van der Waals surface area (Å²) in [7, 11) is 0. The number of anilines is 1. The predicted molar refractivity (Wildman–Crippen MR) is 53.9 cm³/mol. The number of nitrogens with two attached hydrogens (primary N) is 1. The van der Waals surface area contributed by atoms with E-state index in [1.807, 2.05) is 11.8 Å². The normalized spacial score (nSPS) is 17.8. The van der Waals surface area contributed by atoms with Crippen LogP contribution in [0.15, 0.2) is 10.7 Å². The number of thioether (sulfide) groups is 1. The van der Waals surface area contributed by atoms with Crippen molar-refractivity contribution in [1.29, 1.82) is 0 Å². The zero-order chi connectivity index (χ0) is 9.10. The van der Waals surface area contributed by atoms with Gasteiger partial charge in [-0.15, -0.1) is 0 Å². The first-order valence-corrected chi connectivity index (χ1v) is 5.53. The maximum Gasteiger partial charge on any atom is 0.297 e. The molecule has 0 aromatic carbocycles. The van der Waals surface area contributed by atoms with Crippen LogP contribution in [0.25, 0.3) is 0 Å². The molecule has 4 nitrogen and oxygen atoms in total. The summed E-state index contributed by atoms with van der Waals surface area (Å²) in [5.74, 6) is 2.31. The van der Waals surface area contributed by atoms with Crippen LogP contribution in [0.1, 0.15) is 5.69 Å². The van der Waals surface area contributed by atoms with Gasteiger partial charge >= 0.3 is 0 Å². The third kappa shape index (κ3) is 1.97. The second kappa shape index (κ2) is 4.02. The monoisotopic (exact) mass is 199 g/mol. The summed E-state index contributed by atoms with van der Waals surface area (Å²) in [5, 5.41) is 0. The van der Waals surface area contributed by atoms with Gasteiger partial charge in [-0.1, -0.05) is 0 Å². The van der Waals surface area contributed by atoms with Crippen molar-refractivity contribution in [3.05, 3.63) is 12.0 Å². The van der Waals surface area contributed by atoms with Gasteiger partial charge in [-0.25, -0.2) is 0 Å². The molecule has 0 saturated carbocycles. The van der Waals surface area contributed by atoms with Crippen molar-refractivity contribution in [2.75, 3.05) is 29.5 Å². The van der Waals surface area contributed by atoms with Crippen LogP contribution in [0.5, 0.6) is 0 Å². The Balaban J connectivity index is 2.05. The van der Waals surface area contributed by atoms with Crippen LogP contribution >= 0.6 is 11.8 Å². The third-order valence-electron chi connectivity index (χ3n) is 2.03. The Morgan fingerprint density at radius 3 is 2.92 bits per heavy atom. The van der Waals surface area contributed by atoms with E-state index < -0.39 is 0 Å². The molecular weight excluding hydrogens is 186 g/mol. The van der Waals surface area contributed by atoms with E-state index in [1.165, 1.54) is 0 Å². The Labute approximate surface area is 81.5 Å². The van der Waals surface area contributed by atoms with Crippen molar-refractivity contribution >= 4 is 17.8 Å². The molecule has 0 amide bonds. The molecule has 0 aliphatic carbocycles. The molecule has 0 unspecified atom stereocenters. The fraction of sp³-hybridized carbons (Fsp3) is 0.625. The molecule has 2 rings (SSSR count). The Morgan fingerprint density at radius 2 is 2.31 bits per heavy atom. The van der Waals surface area contributed by atoms with Gasteiger partial charge in [0.15, 0.2) is 0 Å². The molecule has 0 bridgehead atoms. The van der Waals surface area contributed by atoms with Crippen LogP contribution in [0.4, 0.5) is 6.01 Å². The average Bonchev–Trinajstić information content (AvgIpc) is 2.67. The van der Waals surface area contributed by atoms with Crippen LogP contribution in [0, 0.1) is 0 Å². The lowest BCUT2D eigenvalue weighted by molar-refractivity contribution is 0.538. The molecule has 1 aromatic rings. The van der Waals surface area contributed by atoms with Gasteiger partial charge in [0.2, 0.25) is 0 Å². The molecule has 1 aliphatic heterocycles. The van der Waals surface area contributed by atoms with Crippen molar-refractivity contribution in [3.8, 4) is 0 Å². The van der Waals surface area contributed by atoms with E-state index in [9.17, 15) is 0 Å². The number of hydrogen-bond donors (Lipinski definition) is 1. The average molecular weight is 199 g/mol. The summed E-state index contributed by atoms with van der Waals surface area (Å²) in [4.78, 5) is 6.44. The first-order chi connectivity index (χ1) is 6.40. The first kappa shape index (κ1) is 8.90. The van der Waals surface area contributed by atoms with E-state index in [0.29, 0.717) is 6.54 Å². The molecule has 1 fully saturated rings. The SMILES string of the molecule is NCc1coc(N2CCSCC2)n1. The Bertz CT molecular complexity index is 270. The lowest BCUT2D eigenvalue weighted by Gasteiger charge is -2.24. The van der Waals surface area contributed by atoms with Gasteiger partial charge in [-0.3, -0.25) is 0 Å². The maximum absolute atomic E-state index is 5.45. The molecule has 2 heterocycles. The highest BCUT2D eigenvalue weighted by molar-refractivity contribution is 7.99. The standard InChI is InChI=1S/C8H13N3OS/c9-5-7-6-12-8(10-7)11-1-3-13-4-2-11/h6H,1-5,9H2. The summed E-state index contributed by atoms with van der Waals surface area (Å²) >= 11 is 1.97. The summed E-state index contributed by atoms with van der Waals surface area (Å²) in [6, 6.07) is 0.723. The third-order valence-corrected chi connectivity index (χ3v) is 2.97. The smallest absolute Gasteiger partial charge is 0.297 e. The molecule has 13 heavy (non-hydrogen) atoms. The van der Waals surface area contributed by atoms with Crippen LogP contribution < -0.4 is 10.6 Å². The number of nitrogens with zero attached hydrogens (tertiary/aromatic N) is 2. The summed E-state index contributed by atoms with van der Waals surface area (Å²) in [6.45, 7) is 2.50. The number of oxazole rings is 1. The largest absolute Gasteiger partial charge is 0.432 e. The molecule has 2 N–H and O–H groups in total. The topological polar surface area (TPSA) is 55.3 Å². The molecule has 1 aliphatic rings. The molecule has 0 spiro atoms. The van der Waals surface area contributed by atoms with Crippen LogP contribution in [-0.2, 0) is 6.54 Å². The zero-order valence-electron chi connectivity index (χ0n) is 7.40. The van der Waals surface area contributed by atoms with Gasteiger partial charge < -0.3 is 15.1 Å². The van der Waals surface area contributed by atoms with Gasteiger partial charge in [0.1, 0.15) is 6.26 Å². The molecule has 1 saturated heterocycles. The van der Waals surface area contributed by atoms with Crippen LogP contribution in [0.2, 0.25) is 0 Å². The lowest BCUT2D eigenvalue weighted by Crippen LogP contribution is -2.32. The van der Waals surface area contributed by atoms with Crippen molar-refractivity contribution in [3.63, 3.8) is 0 Å². The van der Waals surface area contributed by atoms with Gasteiger partial charge in [0, 0.05) is 31.1 Å². The fourth-order valence-corrected chi connectivity index (χ4v) is 2.19. The Hall–Kier alpha value is -0.680. The van der Waals surface area contributed by atoms with Crippen molar-refractivity contribution in [2.24, 2.45) is 5.73 Å². The van der Waals surface area contributed by atoms with Gasteiger partial charge in [0.05, 0.1) is 5.69 Å². The molecule has 0 atom stereocenters. The van der Waals surface area contributed by atoms with E-state index in [4.69, 9.17) is 10.2 Å². The Morgan fingerprint density at radius 1 is 1.54 bits per heavy atom. The Kier molecular flexibility index (Phi) is 2.75. The molecule has 72 valence electrons. The highest BCUT2D eigenvalue weighted by atomic mass is 32.2. The van der Waals surface area contributed by atoms with Crippen molar-refractivity contribution in [2.45, 2.75) is 6.54 Å². The highest BCUT2D eigenvalue weighted by Crippen LogP contribution is 2.18. The second-order valence-corrected chi connectivity index (χ2v) is 4.15. The molecular formula is C8H13N3OS. The van der Waals surface area contributed by atoms with Gasteiger partial charge in [0.25, 0.3) is 6.01 Å². The minimum absolute atomic E-state index is 0.450. The maximum atomic E-state index is 5.45. The summed E-state index contributed by atoms with van der Waals surface area (Å²) in [6.07, 6.45) is 1.64. The van der Waals surface area contributed by atoms with Crippen molar-refractivity contribution in [1.82, 2.24) is 4.98 Å². The first-order valence-electron chi connectivity index (χ1n) is 4.37. The number of aromatic nitrogens is 1. The van der Waals surface area contributed by atoms with Crippen LogP contribution in [0.3, 0.4) is 0 Å². The van der Waals surface area contributed by atoms with Gasteiger partial charge in [-0.05, 0) is 0 Å². The van der Waals surface area contributed by atoms with Crippen LogP contribution in [-0.4, -0.2) is 29.6 Å². The van der Waals surface area contributed by atoms with E-state index in [2.05, 4.69) is 9.88 Å². The lowest BCUT2D eigenvalue weighted by atomic mass is 10.5. The molecule has 1 aromatic heterocycles. The number of hydrogen-bond acceptors (Lipinski definition) is 5. The van der Waals surface area contributed by atoms with Gasteiger partial charge in [-0.2, -0.15) is 16.7 Å².